The van der Waals surface area contributed by atoms with E-state index in [2.05, 4.69) is 42.3 Å². The van der Waals surface area contributed by atoms with E-state index < -0.39 is 12.1 Å². The maximum Gasteiger partial charge on any atom is 0.407 e. The van der Waals surface area contributed by atoms with E-state index >= 15 is 0 Å². The number of aromatic amines is 1. The van der Waals surface area contributed by atoms with Gasteiger partial charge in [-0.1, -0.05) is 24.3 Å². The van der Waals surface area contributed by atoms with Crippen LogP contribution in [0.4, 0.5) is 4.79 Å². The van der Waals surface area contributed by atoms with E-state index in [1.165, 1.54) is 20.0 Å². The second kappa shape index (κ2) is 14.8. The number of hydrogen-bond acceptors (Lipinski definition) is 9. The third-order valence-electron chi connectivity index (χ3n) is 10.3. The first-order valence-electron chi connectivity index (χ1n) is 17.7. The average molecular weight is 680 g/mol. The van der Waals surface area contributed by atoms with Gasteiger partial charge >= 0.3 is 6.09 Å². The molecule has 13 nitrogen and oxygen atoms in total. The molecule has 2 aliphatic heterocycles. The number of nitrogens with zero attached hydrogens (tertiary/aromatic N) is 6. The van der Waals surface area contributed by atoms with E-state index in [-0.39, 0.29) is 29.8 Å². The number of imidazole rings is 1. The molecule has 3 atom stereocenters. The quantitative estimate of drug-likeness (QED) is 0.219. The number of likely N-dealkylation sites (tertiary alicyclic amines) is 2. The van der Waals surface area contributed by atoms with Crippen molar-refractivity contribution in [2.45, 2.75) is 75.9 Å². The average Bonchev–Trinajstić information content (AvgIpc) is 3.97. The minimum atomic E-state index is -0.577. The van der Waals surface area contributed by atoms with Crippen LogP contribution in [-0.4, -0.2) is 93.2 Å². The van der Waals surface area contributed by atoms with Crippen LogP contribution in [0, 0.1) is 11.8 Å². The lowest BCUT2D eigenvalue weighted by Crippen LogP contribution is -2.52. The number of aromatic nitrogens is 4. The molecule has 2 aromatic heterocycles. The Morgan fingerprint density at radius 1 is 0.980 bits per heavy atom. The first kappa shape index (κ1) is 33.4. The van der Waals surface area contributed by atoms with Crippen LogP contribution in [0.25, 0.3) is 28.3 Å². The van der Waals surface area contributed by atoms with Gasteiger partial charge in [-0.2, -0.15) is 0 Å². The molecule has 3 N–H and O–H groups in total. The molecule has 4 aliphatic rings. The number of aliphatic imine (C=N–C) groups is 1. The van der Waals surface area contributed by atoms with Crippen molar-refractivity contribution < 1.29 is 19.1 Å². The number of methoxy groups -OCH3 is 1. The SMILES string of the molecule is C=N/C(=C\NC[C@@H]1CCCN1C(=O)[C@@H](NC(=O)OC)C1CC1)c1cnc(-c2ccc(-c3cnc([C@@H]4CCCN4C(=O)CC4CC4)[nH]3)cc2)nc1. The van der Waals surface area contributed by atoms with Gasteiger partial charge in [-0.25, -0.2) is 19.7 Å². The van der Waals surface area contributed by atoms with Crippen molar-refractivity contribution >= 4 is 30.3 Å². The van der Waals surface area contributed by atoms with Crippen LogP contribution >= 0.6 is 0 Å². The van der Waals surface area contributed by atoms with Gasteiger partial charge in [0.25, 0.3) is 0 Å². The highest BCUT2D eigenvalue weighted by molar-refractivity contribution is 5.87. The van der Waals surface area contributed by atoms with E-state index in [4.69, 9.17) is 4.74 Å². The molecule has 0 bridgehead atoms. The number of ether oxygens (including phenoxy) is 1. The summed E-state index contributed by atoms with van der Waals surface area (Å²) in [6, 6.07) is 7.48. The van der Waals surface area contributed by atoms with Crippen molar-refractivity contribution in [2.24, 2.45) is 16.8 Å². The molecule has 50 heavy (non-hydrogen) atoms. The lowest BCUT2D eigenvalue weighted by Gasteiger charge is -2.29. The zero-order valence-corrected chi connectivity index (χ0v) is 28.5. The standard InChI is InChI=1S/C37H45N9O4/c1-38-29(21-39-20-28-5-3-15-45(28)36(48)33(25-11-12-25)44-37(49)50-2)27-18-40-34(41-19-27)26-13-9-24(10-14-26)30-22-42-35(43-30)31-6-4-16-46(31)32(47)17-23-7-8-23/h9-10,13-14,18-19,21-23,25,28,31,33,39H,1,3-8,11-12,15-17,20H2,2H3,(H,42,43)(H,44,49)/b29-21-/t28-,31-,33-/m0/s1. The number of carbonyl (C=O) groups excluding carboxylic acids is 3. The molecule has 4 heterocycles. The summed E-state index contributed by atoms with van der Waals surface area (Å²) in [5.41, 5.74) is 4.09. The van der Waals surface area contributed by atoms with E-state index in [1.54, 1.807) is 18.6 Å². The summed E-state index contributed by atoms with van der Waals surface area (Å²) in [6.07, 6.45) is 15.1. The third kappa shape index (κ3) is 7.56. The van der Waals surface area contributed by atoms with Crippen molar-refractivity contribution in [3.8, 4) is 22.6 Å². The van der Waals surface area contributed by atoms with Gasteiger partial charge in [0.2, 0.25) is 11.8 Å². The Kier molecular flexibility index (Phi) is 9.90. The molecule has 3 aromatic rings. The van der Waals surface area contributed by atoms with Crippen LogP contribution in [0.2, 0.25) is 0 Å². The lowest BCUT2D eigenvalue weighted by molar-refractivity contribution is -0.134. The largest absolute Gasteiger partial charge is 0.453 e. The second-order valence-electron chi connectivity index (χ2n) is 13.8. The monoisotopic (exact) mass is 679 g/mol. The predicted octanol–water partition coefficient (Wildman–Crippen LogP) is 4.71. The van der Waals surface area contributed by atoms with Crippen LogP contribution in [0.15, 0.2) is 54.0 Å². The Morgan fingerprint density at radius 3 is 2.40 bits per heavy atom. The number of nitrogens with one attached hydrogen (secondary N) is 3. The fraction of sp³-hybridized carbons (Fsp3) is 0.486. The first-order chi connectivity index (χ1) is 24.4. The predicted molar refractivity (Wildman–Crippen MR) is 188 cm³/mol. The number of carbonyl (C=O) groups is 3. The number of alkyl carbamates (subject to hydrolysis) is 1. The molecule has 262 valence electrons. The topological polar surface area (TPSA) is 158 Å². The van der Waals surface area contributed by atoms with Gasteiger partial charge in [0.1, 0.15) is 11.9 Å². The lowest BCUT2D eigenvalue weighted by atomic mass is 10.1. The Labute approximate surface area is 292 Å². The molecule has 0 spiro atoms. The van der Waals surface area contributed by atoms with E-state index in [1.807, 2.05) is 40.3 Å². The highest BCUT2D eigenvalue weighted by atomic mass is 16.5. The molecule has 1 aromatic carbocycles. The number of hydrogen-bond donors (Lipinski definition) is 3. The molecule has 2 saturated heterocycles. The molecule has 2 aliphatic carbocycles. The van der Waals surface area contributed by atoms with Crippen LogP contribution in [0.1, 0.15) is 75.2 Å². The van der Waals surface area contributed by atoms with Gasteiger partial charge in [0.15, 0.2) is 5.82 Å². The summed E-state index contributed by atoms with van der Waals surface area (Å²) in [4.78, 5) is 63.5. The Hall–Kier alpha value is -5.07. The first-order valence-corrected chi connectivity index (χ1v) is 17.7. The molecule has 0 unspecified atom stereocenters. The van der Waals surface area contributed by atoms with Gasteiger partial charge in [-0.05, 0) is 75.5 Å². The maximum atomic E-state index is 13.4. The Bertz CT molecular complexity index is 1730. The van der Waals surface area contributed by atoms with Gasteiger partial charge in [-0.3, -0.25) is 14.6 Å². The fourth-order valence-electron chi connectivity index (χ4n) is 7.12. The highest BCUT2D eigenvalue weighted by Gasteiger charge is 2.42. The minimum absolute atomic E-state index is 0.000918. The van der Waals surface area contributed by atoms with Crippen LogP contribution in [-0.2, 0) is 14.3 Å². The molecule has 13 heteroatoms. The maximum absolute atomic E-state index is 13.4. The molecule has 4 fully saturated rings. The van der Waals surface area contributed by atoms with Crippen LogP contribution < -0.4 is 10.6 Å². The third-order valence-corrected chi connectivity index (χ3v) is 10.3. The Morgan fingerprint density at radius 2 is 1.70 bits per heavy atom. The summed E-state index contributed by atoms with van der Waals surface area (Å²) >= 11 is 0. The van der Waals surface area contributed by atoms with Crippen LogP contribution in [0.5, 0.6) is 0 Å². The number of rotatable bonds is 13. The van der Waals surface area contributed by atoms with Gasteiger partial charge < -0.3 is 30.2 Å². The summed E-state index contributed by atoms with van der Waals surface area (Å²) in [6.45, 7) is 5.74. The van der Waals surface area contributed by atoms with Crippen molar-refractivity contribution in [3.05, 3.63) is 60.4 Å². The summed E-state index contributed by atoms with van der Waals surface area (Å²) in [7, 11) is 1.31. The van der Waals surface area contributed by atoms with Gasteiger partial charge in [0, 0.05) is 61.8 Å². The van der Waals surface area contributed by atoms with Crippen molar-refractivity contribution in [1.29, 1.82) is 0 Å². The zero-order chi connectivity index (χ0) is 34.6. The van der Waals surface area contributed by atoms with Gasteiger partial charge in [-0.15, -0.1) is 0 Å². The summed E-state index contributed by atoms with van der Waals surface area (Å²) in [5, 5.41) is 6.06. The number of amides is 3. The van der Waals surface area contributed by atoms with Crippen molar-refractivity contribution in [3.63, 3.8) is 0 Å². The highest BCUT2D eigenvalue weighted by Crippen LogP contribution is 2.37. The van der Waals surface area contributed by atoms with Crippen LogP contribution in [0.3, 0.4) is 0 Å². The van der Waals surface area contributed by atoms with Crippen molar-refractivity contribution in [1.82, 2.24) is 40.4 Å². The van der Waals surface area contributed by atoms with E-state index in [0.29, 0.717) is 42.5 Å². The molecular weight excluding hydrogens is 634 g/mol. The minimum Gasteiger partial charge on any atom is -0.453 e. The van der Waals surface area contributed by atoms with E-state index in [9.17, 15) is 14.4 Å². The Balaban J connectivity index is 0.948. The van der Waals surface area contributed by atoms with E-state index in [0.717, 1.165) is 67.7 Å². The zero-order valence-electron chi connectivity index (χ0n) is 28.5. The number of H-pyrrole nitrogens is 1. The summed E-state index contributed by atoms with van der Waals surface area (Å²) in [5.74, 6) is 2.38. The number of benzene rings is 1. The molecular formula is C37H45N9O4. The molecule has 3 amide bonds. The molecule has 2 saturated carbocycles. The second-order valence-corrected chi connectivity index (χ2v) is 13.8. The smallest absolute Gasteiger partial charge is 0.407 e. The van der Waals surface area contributed by atoms with Crippen molar-refractivity contribution in [2.75, 3.05) is 26.7 Å². The fourth-order valence-corrected chi connectivity index (χ4v) is 7.12. The van der Waals surface area contributed by atoms with Gasteiger partial charge in [0.05, 0.1) is 30.7 Å². The molecule has 7 rings (SSSR count). The molecule has 0 radical (unpaired) electrons. The normalized spacial score (nSPS) is 21.2. The summed E-state index contributed by atoms with van der Waals surface area (Å²) < 4.78 is 4.75.